The van der Waals surface area contributed by atoms with Gasteiger partial charge in [-0.2, -0.15) is 0 Å². The Bertz CT molecular complexity index is 434. The van der Waals surface area contributed by atoms with Gasteiger partial charge in [0.15, 0.2) is 0 Å². The van der Waals surface area contributed by atoms with Crippen LogP contribution in [0.3, 0.4) is 0 Å². The summed E-state index contributed by atoms with van der Waals surface area (Å²) in [6, 6.07) is 7.40. The summed E-state index contributed by atoms with van der Waals surface area (Å²) >= 11 is 0. The Kier molecular flexibility index (Phi) is 5.22. The SMILES string of the molecule is CC(C)(O)CN1CCN(CC(O)c2ccc(N)cc2)CC1. The molecule has 0 bridgehead atoms. The highest BCUT2D eigenvalue weighted by Gasteiger charge is 2.23. The molecule has 118 valence electrons. The number of nitrogens with zero attached hydrogens (tertiary/aromatic N) is 2. The van der Waals surface area contributed by atoms with Gasteiger partial charge < -0.3 is 15.9 Å². The molecule has 1 aliphatic heterocycles. The number of hydrogen-bond donors (Lipinski definition) is 3. The number of anilines is 1. The minimum absolute atomic E-state index is 0.480. The lowest BCUT2D eigenvalue weighted by molar-refractivity contribution is 0.00997. The molecule has 4 N–H and O–H groups in total. The van der Waals surface area contributed by atoms with Crippen LogP contribution in [0, 0.1) is 0 Å². The molecule has 21 heavy (non-hydrogen) atoms. The number of benzene rings is 1. The smallest absolute Gasteiger partial charge is 0.0916 e. The molecule has 5 nitrogen and oxygen atoms in total. The van der Waals surface area contributed by atoms with Crippen LogP contribution in [0.4, 0.5) is 5.69 Å². The largest absolute Gasteiger partial charge is 0.399 e. The van der Waals surface area contributed by atoms with Gasteiger partial charge in [0.25, 0.3) is 0 Å². The zero-order valence-corrected chi connectivity index (χ0v) is 13.0. The molecule has 0 saturated carbocycles. The van der Waals surface area contributed by atoms with Gasteiger partial charge in [0.05, 0.1) is 11.7 Å². The highest BCUT2D eigenvalue weighted by molar-refractivity contribution is 5.39. The normalized spacial score (nSPS) is 19.6. The van der Waals surface area contributed by atoms with E-state index in [0.29, 0.717) is 18.8 Å². The molecular formula is C16H27N3O2. The molecule has 5 heteroatoms. The molecule has 2 rings (SSSR count). The van der Waals surface area contributed by atoms with Gasteiger partial charge in [0.2, 0.25) is 0 Å². The van der Waals surface area contributed by atoms with Gasteiger partial charge >= 0.3 is 0 Å². The van der Waals surface area contributed by atoms with Crippen molar-refractivity contribution in [2.75, 3.05) is 45.0 Å². The maximum atomic E-state index is 10.3. The van der Waals surface area contributed by atoms with E-state index in [9.17, 15) is 10.2 Å². The Morgan fingerprint density at radius 2 is 1.62 bits per heavy atom. The predicted molar refractivity (Wildman–Crippen MR) is 85.0 cm³/mol. The van der Waals surface area contributed by atoms with Gasteiger partial charge in [0.1, 0.15) is 0 Å². The summed E-state index contributed by atoms with van der Waals surface area (Å²) in [5.41, 5.74) is 6.63. The van der Waals surface area contributed by atoms with E-state index < -0.39 is 11.7 Å². The minimum atomic E-state index is -0.647. The van der Waals surface area contributed by atoms with E-state index in [1.165, 1.54) is 0 Å². The van der Waals surface area contributed by atoms with E-state index in [2.05, 4.69) is 9.80 Å². The highest BCUT2D eigenvalue weighted by atomic mass is 16.3. The van der Waals surface area contributed by atoms with Crippen molar-refractivity contribution in [3.05, 3.63) is 29.8 Å². The first-order valence-corrected chi connectivity index (χ1v) is 7.54. The van der Waals surface area contributed by atoms with E-state index in [1.807, 2.05) is 38.1 Å². The van der Waals surface area contributed by atoms with E-state index >= 15 is 0 Å². The van der Waals surface area contributed by atoms with Crippen molar-refractivity contribution in [2.45, 2.75) is 25.6 Å². The topological polar surface area (TPSA) is 73.0 Å². The molecule has 1 saturated heterocycles. The van der Waals surface area contributed by atoms with Crippen molar-refractivity contribution in [3.8, 4) is 0 Å². The average molecular weight is 293 g/mol. The van der Waals surface area contributed by atoms with Crippen molar-refractivity contribution >= 4 is 5.69 Å². The second kappa shape index (κ2) is 6.75. The van der Waals surface area contributed by atoms with Crippen molar-refractivity contribution in [1.82, 2.24) is 9.80 Å². The number of aliphatic hydroxyl groups excluding tert-OH is 1. The monoisotopic (exact) mass is 293 g/mol. The molecule has 1 aliphatic rings. The van der Waals surface area contributed by atoms with Gasteiger partial charge in [-0.1, -0.05) is 12.1 Å². The second-order valence-corrected chi connectivity index (χ2v) is 6.57. The Balaban J connectivity index is 1.79. The fraction of sp³-hybridized carbons (Fsp3) is 0.625. The number of aliphatic hydroxyl groups is 2. The highest BCUT2D eigenvalue weighted by Crippen LogP contribution is 2.17. The van der Waals surface area contributed by atoms with Gasteiger partial charge in [-0.05, 0) is 31.5 Å². The lowest BCUT2D eigenvalue weighted by atomic mass is 10.1. The van der Waals surface area contributed by atoms with Gasteiger partial charge in [0, 0.05) is 45.0 Å². The second-order valence-electron chi connectivity index (χ2n) is 6.57. The summed E-state index contributed by atoms with van der Waals surface area (Å²) < 4.78 is 0. The lowest BCUT2D eigenvalue weighted by Gasteiger charge is -2.38. The number of β-amino-alcohol motifs (C(OH)–C–C–N with tert-alkyl or cyclic N) is 2. The molecule has 0 aliphatic carbocycles. The molecule has 0 spiro atoms. The van der Waals surface area contributed by atoms with Crippen molar-refractivity contribution < 1.29 is 10.2 Å². The predicted octanol–water partition coefficient (Wildman–Crippen LogP) is 0.691. The van der Waals surface area contributed by atoms with Crippen molar-refractivity contribution in [3.63, 3.8) is 0 Å². The summed E-state index contributed by atoms with van der Waals surface area (Å²) in [6.45, 7) is 8.71. The van der Waals surface area contributed by atoms with E-state index in [4.69, 9.17) is 5.73 Å². The zero-order chi connectivity index (χ0) is 15.5. The molecule has 1 atom stereocenters. The molecule has 1 heterocycles. The number of nitrogens with two attached hydrogens (primary N) is 1. The van der Waals surface area contributed by atoms with E-state index in [-0.39, 0.29) is 0 Å². The van der Waals surface area contributed by atoms with Crippen LogP contribution in [0.5, 0.6) is 0 Å². The summed E-state index contributed by atoms with van der Waals surface area (Å²) in [5, 5.41) is 20.1. The standard InChI is InChI=1S/C16H27N3O2/c1-16(2,21)12-19-9-7-18(8-10-19)11-15(20)13-3-5-14(17)6-4-13/h3-6,15,20-21H,7-12,17H2,1-2H3. The van der Waals surface area contributed by atoms with Crippen molar-refractivity contribution in [2.24, 2.45) is 0 Å². The molecule has 1 unspecified atom stereocenters. The summed E-state index contributed by atoms with van der Waals surface area (Å²) in [4.78, 5) is 4.54. The Labute approximate surface area is 127 Å². The van der Waals surface area contributed by atoms with E-state index in [1.54, 1.807) is 0 Å². The van der Waals surface area contributed by atoms with Crippen LogP contribution >= 0.6 is 0 Å². The van der Waals surface area contributed by atoms with Crippen LogP contribution < -0.4 is 5.73 Å². The van der Waals surface area contributed by atoms with Crippen molar-refractivity contribution in [1.29, 1.82) is 0 Å². The van der Waals surface area contributed by atoms with Gasteiger partial charge in [-0.3, -0.25) is 9.80 Å². The van der Waals surface area contributed by atoms with Crippen LogP contribution in [-0.2, 0) is 0 Å². The van der Waals surface area contributed by atoms with Crippen LogP contribution in [0.25, 0.3) is 0 Å². The number of hydrogen-bond acceptors (Lipinski definition) is 5. The van der Waals surface area contributed by atoms with Gasteiger partial charge in [-0.15, -0.1) is 0 Å². The third-order valence-corrected chi connectivity index (χ3v) is 3.83. The quantitative estimate of drug-likeness (QED) is 0.697. The first kappa shape index (κ1) is 16.2. The van der Waals surface area contributed by atoms with E-state index in [0.717, 1.165) is 31.7 Å². The zero-order valence-electron chi connectivity index (χ0n) is 13.0. The fourth-order valence-corrected chi connectivity index (χ4v) is 2.75. The summed E-state index contributed by atoms with van der Waals surface area (Å²) in [7, 11) is 0. The first-order chi connectivity index (χ1) is 9.83. The van der Waals surface area contributed by atoms with Crippen LogP contribution in [0.15, 0.2) is 24.3 Å². The number of rotatable bonds is 5. The lowest BCUT2D eigenvalue weighted by Crippen LogP contribution is -2.51. The minimum Gasteiger partial charge on any atom is -0.399 e. The number of piperazine rings is 1. The molecule has 0 amide bonds. The number of nitrogen functional groups attached to an aromatic ring is 1. The van der Waals surface area contributed by atoms with Crippen LogP contribution in [-0.4, -0.2) is 64.9 Å². The molecule has 0 aromatic heterocycles. The maximum absolute atomic E-state index is 10.3. The van der Waals surface area contributed by atoms with Crippen LogP contribution in [0.1, 0.15) is 25.5 Å². The molecule has 0 radical (unpaired) electrons. The van der Waals surface area contributed by atoms with Gasteiger partial charge in [-0.25, -0.2) is 0 Å². The maximum Gasteiger partial charge on any atom is 0.0916 e. The van der Waals surface area contributed by atoms with Crippen LogP contribution in [0.2, 0.25) is 0 Å². The molecular weight excluding hydrogens is 266 g/mol. The molecule has 1 aromatic carbocycles. The Morgan fingerprint density at radius 1 is 1.10 bits per heavy atom. The summed E-state index contributed by atoms with van der Waals surface area (Å²) in [6.07, 6.45) is -0.480. The Hall–Kier alpha value is -1.14. The Morgan fingerprint density at radius 3 is 2.14 bits per heavy atom. The fourth-order valence-electron chi connectivity index (χ4n) is 2.75. The third-order valence-electron chi connectivity index (χ3n) is 3.83. The first-order valence-electron chi connectivity index (χ1n) is 7.54. The average Bonchev–Trinajstić information content (AvgIpc) is 2.40. The third kappa shape index (κ3) is 5.28. The molecule has 1 fully saturated rings. The molecule has 1 aromatic rings. The summed E-state index contributed by atoms with van der Waals surface area (Å²) in [5.74, 6) is 0.